The van der Waals surface area contributed by atoms with E-state index in [4.69, 9.17) is 11.6 Å². The predicted molar refractivity (Wildman–Crippen MR) is 47.4 cm³/mol. The Morgan fingerprint density at radius 3 is 2.18 bits per heavy atom. The van der Waals surface area contributed by atoms with E-state index in [9.17, 15) is 8.42 Å². The second-order valence-corrected chi connectivity index (χ2v) is 4.71. The highest BCUT2D eigenvalue weighted by Crippen LogP contribution is 1.99. The molecule has 0 saturated carbocycles. The summed E-state index contributed by atoms with van der Waals surface area (Å²) < 4.78 is 23.3. The highest BCUT2D eigenvalue weighted by Gasteiger charge is 2.13. The summed E-state index contributed by atoms with van der Waals surface area (Å²) in [5.74, 6) is 0.354. The monoisotopic (exact) mass is 199 g/mol. The molecule has 3 nitrogen and oxygen atoms in total. The van der Waals surface area contributed by atoms with Crippen molar-refractivity contribution < 1.29 is 8.42 Å². The van der Waals surface area contributed by atoms with Gasteiger partial charge in [-0.3, -0.25) is 0 Å². The van der Waals surface area contributed by atoms with Crippen molar-refractivity contribution in [1.29, 1.82) is 0 Å². The van der Waals surface area contributed by atoms with Gasteiger partial charge in [-0.05, 0) is 6.42 Å². The van der Waals surface area contributed by atoms with Crippen molar-refractivity contribution in [2.45, 2.75) is 13.3 Å². The highest BCUT2D eigenvalue weighted by atomic mass is 35.5. The first-order chi connectivity index (χ1) is 5.02. The predicted octanol–water partition coefficient (Wildman–Crippen LogP) is 0.897. The molecule has 11 heavy (non-hydrogen) atoms. The van der Waals surface area contributed by atoms with E-state index < -0.39 is 10.0 Å². The maximum absolute atomic E-state index is 11.0. The molecule has 0 atom stereocenters. The topological polar surface area (TPSA) is 37.4 Å². The minimum absolute atomic E-state index is 0.354. The van der Waals surface area contributed by atoms with Crippen LogP contribution in [0.3, 0.4) is 0 Å². The Labute approximate surface area is 73.4 Å². The number of sulfonamides is 1. The van der Waals surface area contributed by atoms with E-state index in [2.05, 4.69) is 0 Å². The number of rotatable bonds is 5. The molecule has 0 aliphatic heterocycles. The maximum Gasteiger partial charge on any atom is 0.211 e. The van der Waals surface area contributed by atoms with Gasteiger partial charge in [0.25, 0.3) is 0 Å². The van der Waals surface area contributed by atoms with E-state index in [1.807, 2.05) is 6.92 Å². The average molecular weight is 200 g/mol. The van der Waals surface area contributed by atoms with Crippen molar-refractivity contribution in [1.82, 2.24) is 4.31 Å². The van der Waals surface area contributed by atoms with Crippen molar-refractivity contribution in [2.75, 3.05) is 25.2 Å². The molecule has 0 spiro atoms. The number of halogens is 1. The van der Waals surface area contributed by atoms with Crippen molar-refractivity contribution in [3.8, 4) is 0 Å². The first-order valence-electron chi connectivity index (χ1n) is 3.53. The summed E-state index contributed by atoms with van der Waals surface area (Å²) >= 11 is 5.43. The summed E-state index contributed by atoms with van der Waals surface area (Å²) in [5, 5.41) is 0. The van der Waals surface area contributed by atoms with Crippen LogP contribution >= 0.6 is 11.6 Å². The SMILES string of the molecule is CCCN(CCCl)S(C)(=O)=O. The summed E-state index contributed by atoms with van der Waals surface area (Å²) in [6, 6.07) is 0. The number of alkyl halides is 1. The molecule has 0 heterocycles. The zero-order valence-electron chi connectivity index (χ0n) is 6.88. The quantitative estimate of drug-likeness (QED) is 0.617. The number of hydrogen-bond donors (Lipinski definition) is 0. The van der Waals surface area contributed by atoms with Crippen molar-refractivity contribution in [3.05, 3.63) is 0 Å². The molecule has 0 aromatic carbocycles. The lowest BCUT2D eigenvalue weighted by Gasteiger charge is -2.16. The molecule has 0 bridgehead atoms. The Balaban J connectivity index is 4.11. The smallest absolute Gasteiger partial charge is 0.211 e. The highest BCUT2D eigenvalue weighted by molar-refractivity contribution is 7.88. The Morgan fingerprint density at radius 2 is 1.91 bits per heavy atom. The molecule has 0 fully saturated rings. The molecule has 0 amide bonds. The van der Waals surface area contributed by atoms with E-state index in [1.54, 1.807) is 0 Å². The van der Waals surface area contributed by atoms with Gasteiger partial charge in [0.1, 0.15) is 0 Å². The fraction of sp³-hybridized carbons (Fsp3) is 1.00. The molecule has 0 aromatic rings. The second kappa shape index (κ2) is 4.95. The van der Waals surface area contributed by atoms with E-state index >= 15 is 0 Å². The second-order valence-electron chi connectivity index (χ2n) is 2.35. The van der Waals surface area contributed by atoms with Gasteiger partial charge in [0.05, 0.1) is 6.26 Å². The van der Waals surface area contributed by atoms with Crippen LogP contribution in [0.5, 0.6) is 0 Å². The lowest BCUT2D eigenvalue weighted by atomic mass is 10.5. The summed E-state index contributed by atoms with van der Waals surface area (Å²) in [6.45, 7) is 2.91. The summed E-state index contributed by atoms with van der Waals surface area (Å²) in [4.78, 5) is 0. The van der Waals surface area contributed by atoms with Crippen molar-refractivity contribution in [3.63, 3.8) is 0 Å². The van der Waals surface area contributed by atoms with Crippen LogP contribution in [-0.2, 0) is 10.0 Å². The largest absolute Gasteiger partial charge is 0.213 e. The normalized spacial score (nSPS) is 12.4. The number of hydrogen-bond acceptors (Lipinski definition) is 2. The maximum atomic E-state index is 11.0. The minimum atomic E-state index is -3.04. The van der Waals surface area contributed by atoms with Gasteiger partial charge in [-0.25, -0.2) is 12.7 Å². The fourth-order valence-electron chi connectivity index (χ4n) is 0.787. The molecule has 0 aromatic heterocycles. The first kappa shape index (κ1) is 11.2. The summed E-state index contributed by atoms with van der Waals surface area (Å²) in [7, 11) is -3.04. The van der Waals surface area contributed by atoms with Gasteiger partial charge in [-0.1, -0.05) is 6.92 Å². The molecule has 0 unspecified atom stereocenters. The molecule has 0 radical (unpaired) electrons. The van der Waals surface area contributed by atoms with Crippen LogP contribution in [-0.4, -0.2) is 37.9 Å². The van der Waals surface area contributed by atoms with Crippen LogP contribution in [0.15, 0.2) is 0 Å². The van der Waals surface area contributed by atoms with Crippen LogP contribution in [0, 0.1) is 0 Å². The molecule has 0 rings (SSSR count). The Bertz CT molecular complexity index is 185. The van der Waals surface area contributed by atoms with Crippen LogP contribution in [0.4, 0.5) is 0 Å². The zero-order valence-corrected chi connectivity index (χ0v) is 8.45. The van der Waals surface area contributed by atoms with E-state index in [-0.39, 0.29) is 0 Å². The van der Waals surface area contributed by atoms with Gasteiger partial charge in [0, 0.05) is 19.0 Å². The van der Waals surface area contributed by atoms with Gasteiger partial charge < -0.3 is 0 Å². The fourth-order valence-corrected chi connectivity index (χ4v) is 2.03. The van der Waals surface area contributed by atoms with Crippen LogP contribution < -0.4 is 0 Å². The molecular weight excluding hydrogens is 186 g/mol. The van der Waals surface area contributed by atoms with E-state index in [0.717, 1.165) is 6.42 Å². The molecule has 0 aliphatic rings. The molecule has 68 valence electrons. The van der Waals surface area contributed by atoms with Gasteiger partial charge in [0.15, 0.2) is 0 Å². The Morgan fingerprint density at radius 1 is 1.36 bits per heavy atom. The lowest BCUT2D eigenvalue weighted by molar-refractivity contribution is 0.433. The van der Waals surface area contributed by atoms with Crippen molar-refractivity contribution >= 4 is 21.6 Å². The average Bonchev–Trinajstić information content (AvgIpc) is 1.85. The third-order valence-corrected chi connectivity index (χ3v) is 2.75. The van der Waals surface area contributed by atoms with Crippen LogP contribution in [0.25, 0.3) is 0 Å². The van der Waals surface area contributed by atoms with Crippen LogP contribution in [0.2, 0.25) is 0 Å². The Kier molecular flexibility index (Phi) is 5.04. The van der Waals surface area contributed by atoms with Gasteiger partial charge >= 0.3 is 0 Å². The third kappa shape index (κ3) is 4.61. The van der Waals surface area contributed by atoms with E-state index in [0.29, 0.717) is 19.0 Å². The first-order valence-corrected chi connectivity index (χ1v) is 5.91. The molecule has 0 aliphatic carbocycles. The van der Waals surface area contributed by atoms with Crippen molar-refractivity contribution in [2.24, 2.45) is 0 Å². The zero-order chi connectivity index (χ0) is 8.91. The lowest BCUT2D eigenvalue weighted by Crippen LogP contribution is -2.32. The molecule has 0 N–H and O–H groups in total. The Hall–Kier alpha value is 0.200. The van der Waals surface area contributed by atoms with E-state index in [1.165, 1.54) is 10.6 Å². The summed E-state index contributed by atoms with van der Waals surface area (Å²) in [6.07, 6.45) is 2.03. The van der Waals surface area contributed by atoms with Crippen LogP contribution in [0.1, 0.15) is 13.3 Å². The molecular formula is C6H14ClNO2S. The van der Waals surface area contributed by atoms with Gasteiger partial charge in [-0.2, -0.15) is 0 Å². The molecule has 5 heteroatoms. The number of nitrogens with zero attached hydrogens (tertiary/aromatic N) is 1. The minimum Gasteiger partial charge on any atom is -0.213 e. The summed E-state index contributed by atoms with van der Waals surface area (Å²) in [5.41, 5.74) is 0. The molecule has 0 saturated heterocycles. The standard InChI is InChI=1S/C6H14ClNO2S/c1-3-5-8(6-4-7)11(2,9)10/h3-6H2,1-2H3. The third-order valence-electron chi connectivity index (χ3n) is 1.28. The van der Waals surface area contributed by atoms with Gasteiger partial charge in [-0.15, -0.1) is 11.6 Å². The van der Waals surface area contributed by atoms with Gasteiger partial charge in [0.2, 0.25) is 10.0 Å².